The minimum absolute atomic E-state index is 0.170. The molecular weight excluding hydrogens is 582 g/mol. The van der Waals surface area contributed by atoms with Crippen molar-refractivity contribution in [3.63, 3.8) is 0 Å². The lowest BCUT2D eigenvalue weighted by Crippen LogP contribution is -2.39. The fraction of sp³-hybridized carbons (Fsp3) is 0.786. The average molecular weight is 660 g/mol. The van der Waals surface area contributed by atoms with Crippen molar-refractivity contribution in [3.05, 3.63) is 48.6 Å². The number of ether oxygens (including phenoxy) is 1. The molecule has 0 radical (unpaired) electrons. The van der Waals surface area contributed by atoms with E-state index in [4.69, 9.17) is 4.74 Å². The van der Waals surface area contributed by atoms with Crippen LogP contribution < -0.4 is 0 Å². The van der Waals surface area contributed by atoms with Gasteiger partial charge in [0, 0.05) is 19.5 Å². The third-order valence-corrected chi connectivity index (χ3v) is 8.57. The van der Waals surface area contributed by atoms with Gasteiger partial charge < -0.3 is 14.9 Å². The number of carbonyl (C=O) groups is 1. The van der Waals surface area contributed by atoms with E-state index in [-0.39, 0.29) is 5.97 Å². The maximum atomic E-state index is 11.8. The van der Waals surface area contributed by atoms with Gasteiger partial charge in [-0.2, -0.15) is 0 Å². The van der Waals surface area contributed by atoms with Crippen LogP contribution >= 0.6 is 0 Å². The van der Waals surface area contributed by atoms with Crippen LogP contribution in [0.3, 0.4) is 0 Å². The minimum atomic E-state index is -0.404. The van der Waals surface area contributed by atoms with Crippen LogP contribution in [0.5, 0.6) is 0 Å². The van der Waals surface area contributed by atoms with Gasteiger partial charge in [0.2, 0.25) is 0 Å². The number of hydrogen-bond acceptors (Lipinski definition) is 5. The molecule has 0 aromatic rings. The summed E-state index contributed by atoms with van der Waals surface area (Å²) in [6.45, 7) is 8.51. The van der Waals surface area contributed by atoms with Crippen LogP contribution in [0.2, 0.25) is 0 Å². The Hall–Kier alpha value is -1.69. The van der Waals surface area contributed by atoms with Crippen molar-refractivity contribution < 1.29 is 19.7 Å². The Labute approximate surface area is 292 Å². The third kappa shape index (κ3) is 35.4. The number of rotatable bonds is 35. The smallest absolute Gasteiger partial charge is 0.305 e. The highest BCUT2D eigenvalue weighted by atomic mass is 16.5. The number of aliphatic hydroxyl groups is 2. The summed E-state index contributed by atoms with van der Waals surface area (Å²) in [6, 6.07) is 0. The molecular formula is C42H77NO4. The summed E-state index contributed by atoms with van der Waals surface area (Å²) >= 11 is 0. The number of nitrogens with zero attached hydrogens (tertiary/aromatic N) is 1. The van der Waals surface area contributed by atoms with Crippen molar-refractivity contribution in [2.45, 2.75) is 187 Å². The summed E-state index contributed by atoms with van der Waals surface area (Å²) in [4.78, 5) is 14.0. The Kier molecular flexibility index (Phi) is 35.8. The summed E-state index contributed by atoms with van der Waals surface area (Å²) < 4.78 is 5.08. The van der Waals surface area contributed by atoms with Crippen molar-refractivity contribution in [1.29, 1.82) is 0 Å². The fourth-order valence-electron chi connectivity index (χ4n) is 5.75. The van der Waals surface area contributed by atoms with Gasteiger partial charge in [0.05, 0.1) is 18.8 Å². The van der Waals surface area contributed by atoms with E-state index >= 15 is 0 Å². The lowest BCUT2D eigenvalue weighted by atomic mass is 10.1. The fourth-order valence-corrected chi connectivity index (χ4v) is 5.75. The average Bonchev–Trinajstić information content (AvgIpc) is 3.05. The predicted octanol–water partition coefficient (Wildman–Crippen LogP) is 11.2. The van der Waals surface area contributed by atoms with Crippen LogP contribution in [0.15, 0.2) is 48.6 Å². The van der Waals surface area contributed by atoms with Crippen molar-refractivity contribution in [2.24, 2.45) is 0 Å². The Bertz CT molecular complexity index is 723. The molecule has 0 rings (SSSR count). The number of allylic oxidation sites excluding steroid dienone is 8. The van der Waals surface area contributed by atoms with Gasteiger partial charge in [0.1, 0.15) is 0 Å². The molecule has 0 aliphatic heterocycles. The van der Waals surface area contributed by atoms with E-state index in [9.17, 15) is 15.0 Å². The van der Waals surface area contributed by atoms with E-state index in [1.54, 1.807) is 0 Å². The van der Waals surface area contributed by atoms with E-state index in [0.29, 0.717) is 39.1 Å². The van der Waals surface area contributed by atoms with Gasteiger partial charge in [-0.15, -0.1) is 0 Å². The van der Waals surface area contributed by atoms with E-state index in [1.165, 1.54) is 77.0 Å². The second kappa shape index (κ2) is 37.1. The van der Waals surface area contributed by atoms with Crippen molar-refractivity contribution in [3.8, 4) is 0 Å². The molecule has 0 bridgehead atoms. The molecule has 2 unspecified atom stereocenters. The summed E-state index contributed by atoms with van der Waals surface area (Å²) in [6.07, 6.45) is 43.9. The predicted molar refractivity (Wildman–Crippen MR) is 204 cm³/mol. The Morgan fingerprint density at radius 3 is 1.36 bits per heavy atom. The van der Waals surface area contributed by atoms with E-state index < -0.39 is 12.2 Å². The molecule has 0 amide bonds. The van der Waals surface area contributed by atoms with Gasteiger partial charge in [-0.05, 0) is 96.9 Å². The normalized spacial score (nSPS) is 13.7. The van der Waals surface area contributed by atoms with Crippen LogP contribution in [0.4, 0.5) is 0 Å². The van der Waals surface area contributed by atoms with E-state index in [0.717, 1.165) is 64.2 Å². The Balaban J connectivity index is 4.20. The quantitative estimate of drug-likeness (QED) is 0.0402. The molecule has 0 saturated carbocycles. The number of aliphatic hydroxyl groups excluding tert-OH is 2. The minimum Gasteiger partial charge on any atom is -0.466 e. The maximum Gasteiger partial charge on any atom is 0.305 e. The van der Waals surface area contributed by atoms with Crippen LogP contribution in [-0.2, 0) is 9.53 Å². The molecule has 0 aliphatic rings. The second-order valence-electron chi connectivity index (χ2n) is 13.3. The van der Waals surface area contributed by atoms with Crippen LogP contribution in [0.25, 0.3) is 0 Å². The zero-order valence-electron chi connectivity index (χ0n) is 31.2. The lowest BCUT2D eigenvalue weighted by Gasteiger charge is -2.27. The standard InChI is InChI=1S/C42H77NO4/c1-4-7-9-11-13-15-17-19-21-23-25-27-29-31-34-40(44)38-43(37-33-36-42(46)47-6-3)39-41(45)35-32-30-28-26-24-22-20-18-16-14-12-10-8-5-2/h13-16,19-22,40-41,44-45H,4-12,17-18,23-39H2,1-3H3/b15-13-,16-14-,21-19-,22-20-. The summed E-state index contributed by atoms with van der Waals surface area (Å²) in [5, 5.41) is 21.6. The maximum absolute atomic E-state index is 11.8. The first-order valence-corrected chi connectivity index (χ1v) is 19.9. The SMILES string of the molecule is CCCCC/C=C\C/C=C\CCCCCCC(O)CN(CCCC(=O)OCC)CC(O)CCCCCC/C=C\C/C=C\CCCCC. The molecule has 0 fully saturated rings. The molecule has 5 nitrogen and oxygen atoms in total. The van der Waals surface area contributed by atoms with Gasteiger partial charge >= 0.3 is 5.97 Å². The summed E-state index contributed by atoms with van der Waals surface area (Å²) in [7, 11) is 0. The number of carbonyl (C=O) groups excluding carboxylic acids is 1. The molecule has 0 aromatic carbocycles. The van der Waals surface area contributed by atoms with Crippen LogP contribution in [0.1, 0.15) is 175 Å². The molecule has 2 atom stereocenters. The highest BCUT2D eigenvalue weighted by Crippen LogP contribution is 2.13. The largest absolute Gasteiger partial charge is 0.466 e. The van der Waals surface area contributed by atoms with Crippen molar-refractivity contribution in [2.75, 3.05) is 26.2 Å². The van der Waals surface area contributed by atoms with Crippen molar-refractivity contribution >= 4 is 5.97 Å². The van der Waals surface area contributed by atoms with Gasteiger partial charge in [0.15, 0.2) is 0 Å². The molecule has 2 N–H and O–H groups in total. The van der Waals surface area contributed by atoms with Crippen molar-refractivity contribution in [1.82, 2.24) is 4.90 Å². The monoisotopic (exact) mass is 660 g/mol. The molecule has 0 aliphatic carbocycles. The number of esters is 1. The van der Waals surface area contributed by atoms with Gasteiger partial charge in [-0.1, -0.05) is 127 Å². The molecule has 274 valence electrons. The van der Waals surface area contributed by atoms with Gasteiger partial charge in [-0.3, -0.25) is 9.69 Å². The van der Waals surface area contributed by atoms with Gasteiger partial charge in [0.25, 0.3) is 0 Å². The van der Waals surface area contributed by atoms with Crippen LogP contribution in [0, 0.1) is 0 Å². The lowest BCUT2D eigenvalue weighted by molar-refractivity contribution is -0.143. The van der Waals surface area contributed by atoms with Crippen LogP contribution in [-0.4, -0.2) is 59.5 Å². The Morgan fingerprint density at radius 2 is 0.957 bits per heavy atom. The summed E-state index contributed by atoms with van der Waals surface area (Å²) in [5.41, 5.74) is 0. The molecule has 5 heteroatoms. The topological polar surface area (TPSA) is 70.0 Å². The zero-order valence-corrected chi connectivity index (χ0v) is 31.2. The number of unbranched alkanes of at least 4 members (excludes halogenated alkanes) is 14. The molecule has 0 saturated heterocycles. The molecule has 47 heavy (non-hydrogen) atoms. The molecule has 0 heterocycles. The summed E-state index contributed by atoms with van der Waals surface area (Å²) in [5.74, 6) is -0.170. The zero-order chi connectivity index (χ0) is 34.5. The first kappa shape index (κ1) is 45.3. The van der Waals surface area contributed by atoms with E-state index in [1.807, 2.05) is 6.92 Å². The highest BCUT2D eigenvalue weighted by Gasteiger charge is 2.16. The second-order valence-corrected chi connectivity index (χ2v) is 13.3. The molecule has 0 spiro atoms. The first-order valence-electron chi connectivity index (χ1n) is 19.9. The van der Waals surface area contributed by atoms with E-state index in [2.05, 4.69) is 67.4 Å². The number of hydrogen-bond donors (Lipinski definition) is 2. The molecule has 0 aromatic heterocycles. The highest BCUT2D eigenvalue weighted by molar-refractivity contribution is 5.69. The third-order valence-electron chi connectivity index (χ3n) is 8.57. The van der Waals surface area contributed by atoms with Gasteiger partial charge in [-0.25, -0.2) is 0 Å². The first-order chi connectivity index (χ1) is 23.0. The Morgan fingerprint density at radius 1 is 0.553 bits per heavy atom.